The molecule has 2 heterocycles. The summed E-state index contributed by atoms with van der Waals surface area (Å²) in [5.41, 5.74) is 0. The lowest BCUT2D eigenvalue weighted by molar-refractivity contribution is -0.328. The third-order valence-electron chi connectivity index (χ3n) is 2.73. The standard InChI is InChI=1S/C8H11F3N2O2/c9-8(10,11)15-4-6-2-1-5-3-13(6)7(14)12-5/h5-6H,1-4H2,(H,12,14)/t5?,6-/m0/s1. The average Bonchev–Trinajstić information content (AvgIpc) is 2.41. The molecule has 2 saturated heterocycles. The van der Waals surface area contributed by atoms with Gasteiger partial charge in [0.05, 0.1) is 12.6 Å². The van der Waals surface area contributed by atoms with E-state index < -0.39 is 19.0 Å². The Balaban J connectivity index is 1.90. The fourth-order valence-electron chi connectivity index (χ4n) is 2.02. The number of piperidine rings is 1. The maximum atomic E-state index is 11.8. The number of carbonyl (C=O) groups excluding carboxylic acids is 1. The van der Waals surface area contributed by atoms with E-state index in [1.807, 2.05) is 0 Å². The van der Waals surface area contributed by atoms with Gasteiger partial charge in [-0.05, 0) is 12.8 Å². The van der Waals surface area contributed by atoms with E-state index in [9.17, 15) is 18.0 Å². The van der Waals surface area contributed by atoms with Gasteiger partial charge in [-0.2, -0.15) is 0 Å². The highest BCUT2D eigenvalue weighted by Crippen LogP contribution is 2.25. The van der Waals surface area contributed by atoms with Gasteiger partial charge in [0, 0.05) is 12.6 Å². The van der Waals surface area contributed by atoms with Crippen molar-refractivity contribution in [2.24, 2.45) is 0 Å². The maximum absolute atomic E-state index is 11.8. The van der Waals surface area contributed by atoms with Crippen LogP contribution in [0.25, 0.3) is 0 Å². The molecule has 2 bridgehead atoms. The topological polar surface area (TPSA) is 41.6 Å². The molecule has 0 spiro atoms. The lowest BCUT2D eigenvalue weighted by Crippen LogP contribution is -2.43. The van der Waals surface area contributed by atoms with Crippen LogP contribution in [0.5, 0.6) is 0 Å². The van der Waals surface area contributed by atoms with Crippen molar-refractivity contribution in [2.75, 3.05) is 13.2 Å². The van der Waals surface area contributed by atoms with Crippen molar-refractivity contribution in [1.29, 1.82) is 0 Å². The van der Waals surface area contributed by atoms with E-state index in [0.717, 1.165) is 0 Å². The van der Waals surface area contributed by atoms with Gasteiger partial charge in [0.15, 0.2) is 0 Å². The van der Waals surface area contributed by atoms with Crippen molar-refractivity contribution < 1.29 is 22.7 Å². The van der Waals surface area contributed by atoms with Crippen LogP contribution in [0.3, 0.4) is 0 Å². The van der Waals surface area contributed by atoms with E-state index in [-0.39, 0.29) is 12.1 Å². The van der Waals surface area contributed by atoms with Crippen molar-refractivity contribution in [3.8, 4) is 0 Å². The quantitative estimate of drug-likeness (QED) is 0.762. The molecule has 1 N–H and O–H groups in total. The highest BCUT2D eigenvalue weighted by Gasteiger charge is 2.40. The van der Waals surface area contributed by atoms with Gasteiger partial charge in [-0.15, -0.1) is 13.2 Å². The van der Waals surface area contributed by atoms with Gasteiger partial charge >= 0.3 is 12.4 Å². The molecule has 2 amide bonds. The number of rotatable bonds is 2. The molecular formula is C8H11F3N2O2. The van der Waals surface area contributed by atoms with Gasteiger partial charge in [-0.1, -0.05) is 0 Å². The van der Waals surface area contributed by atoms with Gasteiger partial charge < -0.3 is 10.2 Å². The number of hydrogen-bond donors (Lipinski definition) is 1. The fourth-order valence-corrected chi connectivity index (χ4v) is 2.02. The summed E-state index contributed by atoms with van der Waals surface area (Å²) in [5.74, 6) is 0. The van der Waals surface area contributed by atoms with Crippen LogP contribution >= 0.6 is 0 Å². The van der Waals surface area contributed by atoms with E-state index in [0.29, 0.717) is 19.4 Å². The van der Waals surface area contributed by atoms with Crippen LogP contribution in [0, 0.1) is 0 Å². The molecule has 2 fully saturated rings. The minimum atomic E-state index is -4.62. The van der Waals surface area contributed by atoms with Gasteiger partial charge in [-0.3, -0.25) is 4.74 Å². The molecule has 2 atom stereocenters. The zero-order valence-corrected chi connectivity index (χ0v) is 7.88. The van der Waals surface area contributed by atoms with Gasteiger partial charge in [0.1, 0.15) is 0 Å². The molecule has 0 radical (unpaired) electrons. The monoisotopic (exact) mass is 224 g/mol. The first-order valence-electron chi connectivity index (χ1n) is 4.73. The summed E-state index contributed by atoms with van der Waals surface area (Å²) >= 11 is 0. The number of carbonyl (C=O) groups is 1. The van der Waals surface area contributed by atoms with Gasteiger partial charge in [-0.25, -0.2) is 4.79 Å². The number of amides is 2. The van der Waals surface area contributed by atoms with E-state index >= 15 is 0 Å². The van der Waals surface area contributed by atoms with Crippen LogP contribution < -0.4 is 5.32 Å². The lowest BCUT2D eigenvalue weighted by Gasteiger charge is -2.30. The van der Waals surface area contributed by atoms with Crippen LogP contribution in [-0.4, -0.2) is 42.5 Å². The number of fused-ring (bicyclic) bond motifs is 2. The first kappa shape index (κ1) is 10.5. The normalized spacial score (nSPS) is 30.6. The number of alkyl halides is 3. The van der Waals surface area contributed by atoms with Gasteiger partial charge in [0.25, 0.3) is 0 Å². The van der Waals surface area contributed by atoms with Gasteiger partial charge in [0.2, 0.25) is 0 Å². The molecule has 0 aromatic carbocycles. The van der Waals surface area contributed by atoms with Crippen LogP contribution in [0.1, 0.15) is 12.8 Å². The second kappa shape index (κ2) is 3.55. The Labute approximate surface area is 84.4 Å². The van der Waals surface area contributed by atoms with Crippen LogP contribution in [0.15, 0.2) is 0 Å². The smallest absolute Gasteiger partial charge is 0.333 e. The number of nitrogens with one attached hydrogen (secondary N) is 1. The molecule has 86 valence electrons. The number of halogens is 3. The average molecular weight is 224 g/mol. The third-order valence-corrected chi connectivity index (χ3v) is 2.73. The molecule has 0 aromatic rings. The summed E-state index contributed by atoms with van der Waals surface area (Å²) < 4.78 is 39.2. The molecule has 15 heavy (non-hydrogen) atoms. The SMILES string of the molecule is O=C1NC2CC[C@@H](COC(F)(F)F)N1C2. The Hall–Kier alpha value is -0.980. The largest absolute Gasteiger partial charge is 0.522 e. The second-order valence-corrected chi connectivity index (χ2v) is 3.79. The number of urea groups is 1. The zero-order chi connectivity index (χ0) is 11.1. The summed E-state index contributed by atoms with van der Waals surface area (Å²) in [6.45, 7) is 0.0222. The molecule has 7 heteroatoms. The first-order valence-corrected chi connectivity index (χ1v) is 4.73. The summed E-state index contributed by atoms with van der Waals surface area (Å²) in [6.07, 6.45) is -3.35. The Morgan fingerprint density at radius 3 is 2.87 bits per heavy atom. The molecule has 2 rings (SSSR count). The lowest BCUT2D eigenvalue weighted by atomic mass is 10.0. The number of hydrogen-bond acceptors (Lipinski definition) is 2. The van der Waals surface area contributed by atoms with Crippen molar-refractivity contribution in [1.82, 2.24) is 10.2 Å². The third kappa shape index (κ3) is 2.34. The predicted octanol–water partition coefficient (Wildman–Crippen LogP) is 1.08. The molecule has 0 aliphatic carbocycles. The number of nitrogens with zero attached hydrogens (tertiary/aromatic N) is 1. The minimum absolute atomic E-state index is 0.0969. The minimum Gasteiger partial charge on any atom is -0.333 e. The first-order chi connectivity index (χ1) is 6.96. The van der Waals surface area contributed by atoms with Crippen LogP contribution in [-0.2, 0) is 4.74 Å². The molecule has 0 saturated carbocycles. The molecular weight excluding hydrogens is 213 g/mol. The van der Waals surface area contributed by atoms with E-state index in [1.165, 1.54) is 4.90 Å². The second-order valence-electron chi connectivity index (χ2n) is 3.79. The predicted molar refractivity (Wildman–Crippen MR) is 44.1 cm³/mol. The Morgan fingerprint density at radius 2 is 2.20 bits per heavy atom. The highest BCUT2D eigenvalue weighted by molar-refractivity contribution is 5.77. The van der Waals surface area contributed by atoms with E-state index in [4.69, 9.17) is 0 Å². The molecule has 0 aromatic heterocycles. The van der Waals surface area contributed by atoms with Crippen LogP contribution in [0.4, 0.5) is 18.0 Å². The summed E-state index contributed by atoms with van der Waals surface area (Å²) in [7, 11) is 0. The summed E-state index contributed by atoms with van der Waals surface area (Å²) in [5, 5.41) is 2.69. The molecule has 2 aliphatic heterocycles. The van der Waals surface area contributed by atoms with Crippen LogP contribution in [0.2, 0.25) is 0 Å². The molecule has 1 unspecified atom stereocenters. The van der Waals surface area contributed by atoms with E-state index in [1.54, 1.807) is 0 Å². The Morgan fingerprint density at radius 1 is 1.47 bits per heavy atom. The summed E-state index contributed by atoms with van der Waals surface area (Å²) in [4.78, 5) is 12.7. The zero-order valence-electron chi connectivity index (χ0n) is 7.88. The molecule has 2 aliphatic rings. The van der Waals surface area contributed by atoms with Crippen molar-refractivity contribution in [3.05, 3.63) is 0 Å². The Kier molecular flexibility index (Phi) is 2.49. The van der Waals surface area contributed by atoms with Crippen molar-refractivity contribution in [2.45, 2.75) is 31.3 Å². The summed E-state index contributed by atoms with van der Waals surface area (Å²) in [6, 6.07) is -0.640. The number of ether oxygens (including phenoxy) is 1. The van der Waals surface area contributed by atoms with Crippen molar-refractivity contribution in [3.63, 3.8) is 0 Å². The highest BCUT2D eigenvalue weighted by atomic mass is 19.4. The Bertz CT molecular complexity index is 269. The van der Waals surface area contributed by atoms with E-state index in [2.05, 4.69) is 10.1 Å². The maximum Gasteiger partial charge on any atom is 0.522 e. The van der Waals surface area contributed by atoms with Crippen molar-refractivity contribution >= 4 is 6.03 Å². The molecule has 4 nitrogen and oxygen atoms in total. The fraction of sp³-hybridized carbons (Fsp3) is 0.875.